The summed E-state index contributed by atoms with van der Waals surface area (Å²) >= 11 is 1.60. The number of ether oxygens (including phenoxy) is 1. The van der Waals surface area contributed by atoms with Crippen LogP contribution in [0.1, 0.15) is 20.3 Å². The summed E-state index contributed by atoms with van der Waals surface area (Å²) in [7, 11) is 0. The first-order valence-electron chi connectivity index (χ1n) is 5.32. The molecule has 1 aliphatic rings. The molecule has 3 heteroatoms. The van der Waals surface area contributed by atoms with E-state index < -0.39 is 5.60 Å². The summed E-state index contributed by atoms with van der Waals surface area (Å²) in [4.78, 5) is 13.4. The Hall–Kier alpha value is -1.22. The van der Waals surface area contributed by atoms with Crippen LogP contribution in [0, 0.1) is 0 Å². The Balaban J connectivity index is 2.21. The van der Waals surface area contributed by atoms with Crippen molar-refractivity contribution in [1.29, 1.82) is 0 Å². The molecule has 16 heavy (non-hydrogen) atoms. The van der Waals surface area contributed by atoms with Gasteiger partial charge in [0.25, 0.3) is 0 Å². The lowest BCUT2D eigenvalue weighted by atomic mass is 10.0. The molecule has 84 valence electrons. The maximum Gasteiger partial charge on any atom is 0.332 e. The average molecular weight is 234 g/mol. The van der Waals surface area contributed by atoms with Crippen molar-refractivity contribution >= 4 is 17.7 Å². The van der Waals surface area contributed by atoms with Crippen LogP contribution >= 0.6 is 11.8 Å². The number of benzene rings is 1. The molecule has 0 N–H and O–H groups in total. The van der Waals surface area contributed by atoms with Crippen LogP contribution in [0.25, 0.3) is 0 Å². The third-order valence-corrected chi connectivity index (χ3v) is 4.02. The Morgan fingerprint density at radius 1 is 1.31 bits per heavy atom. The fourth-order valence-electron chi connectivity index (χ4n) is 1.56. The van der Waals surface area contributed by atoms with Gasteiger partial charge < -0.3 is 4.74 Å². The van der Waals surface area contributed by atoms with Gasteiger partial charge in [-0.1, -0.05) is 36.9 Å². The van der Waals surface area contributed by atoms with E-state index in [9.17, 15) is 4.79 Å². The van der Waals surface area contributed by atoms with Crippen molar-refractivity contribution in [3.05, 3.63) is 41.3 Å². The summed E-state index contributed by atoms with van der Waals surface area (Å²) in [6, 6.07) is 10.0. The van der Waals surface area contributed by atoms with E-state index in [0.717, 1.165) is 16.2 Å². The van der Waals surface area contributed by atoms with E-state index in [2.05, 4.69) is 0 Å². The van der Waals surface area contributed by atoms with Gasteiger partial charge in [0.05, 0.1) is 0 Å². The fraction of sp³-hybridized carbons (Fsp3) is 0.308. The van der Waals surface area contributed by atoms with Crippen LogP contribution in [0.3, 0.4) is 0 Å². The van der Waals surface area contributed by atoms with Gasteiger partial charge in [0.1, 0.15) is 5.60 Å². The predicted octanol–water partition coefficient (Wildman–Crippen LogP) is 3.39. The van der Waals surface area contributed by atoms with Crippen molar-refractivity contribution in [2.24, 2.45) is 0 Å². The van der Waals surface area contributed by atoms with Crippen LogP contribution in [-0.4, -0.2) is 11.6 Å². The first-order chi connectivity index (χ1) is 7.64. The van der Waals surface area contributed by atoms with Crippen LogP contribution < -0.4 is 0 Å². The lowest BCUT2D eigenvalue weighted by molar-refractivity contribution is -0.144. The van der Waals surface area contributed by atoms with E-state index in [4.69, 9.17) is 4.74 Å². The maximum atomic E-state index is 11.3. The Bertz CT molecular complexity index is 425. The highest BCUT2D eigenvalue weighted by Gasteiger charge is 2.37. The molecule has 0 radical (unpaired) electrons. The average Bonchev–Trinajstić information content (AvgIpc) is 2.56. The van der Waals surface area contributed by atoms with Crippen molar-refractivity contribution in [3.8, 4) is 0 Å². The van der Waals surface area contributed by atoms with Gasteiger partial charge in [0, 0.05) is 15.9 Å². The third-order valence-electron chi connectivity index (χ3n) is 2.74. The summed E-state index contributed by atoms with van der Waals surface area (Å²) in [5, 5.41) is 0. The zero-order valence-corrected chi connectivity index (χ0v) is 10.2. The molecule has 0 fully saturated rings. The van der Waals surface area contributed by atoms with E-state index in [1.807, 2.05) is 44.2 Å². The molecule has 1 aromatic carbocycles. The first kappa shape index (κ1) is 11.3. The summed E-state index contributed by atoms with van der Waals surface area (Å²) in [5.41, 5.74) is -0.447. The van der Waals surface area contributed by atoms with Crippen LogP contribution in [0.5, 0.6) is 0 Å². The maximum absolute atomic E-state index is 11.3. The molecule has 0 amide bonds. The van der Waals surface area contributed by atoms with Gasteiger partial charge in [0.15, 0.2) is 0 Å². The van der Waals surface area contributed by atoms with Gasteiger partial charge in [-0.3, -0.25) is 0 Å². The number of carbonyl (C=O) groups excluding carboxylic acids is 1. The second kappa shape index (κ2) is 4.34. The van der Waals surface area contributed by atoms with Gasteiger partial charge in [-0.2, -0.15) is 0 Å². The SMILES string of the molecule is CCC1(C)OC(=O)C=C1Sc1ccccc1. The Kier molecular flexibility index (Phi) is 3.06. The molecule has 0 saturated heterocycles. The molecule has 1 atom stereocenters. The molecule has 1 aliphatic heterocycles. The molecule has 0 aromatic heterocycles. The van der Waals surface area contributed by atoms with Crippen LogP contribution in [-0.2, 0) is 9.53 Å². The normalized spacial score (nSPS) is 24.1. The molecule has 0 aliphatic carbocycles. The Morgan fingerprint density at radius 3 is 2.62 bits per heavy atom. The minimum atomic E-state index is -0.447. The van der Waals surface area contributed by atoms with Crippen LogP contribution in [0.4, 0.5) is 0 Å². The largest absolute Gasteiger partial charge is 0.451 e. The predicted molar refractivity (Wildman–Crippen MR) is 65.2 cm³/mol. The number of carbonyl (C=O) groups is 1. The summed E-state index contributed by atoms with van der Waals surface area (Å²) in [6.07, 6.45) is 2.39. The molecule has 1 aromatic rings. The zero-order valence-electron chi connectivity index (χ0n) is 9.40. The molecule has 1 unspecified atom stereocenters. The fourth-order valence-corrected chi connectivity index (χ4v) is 2.66. The highest BCUT2D eigenvalue weighted by molar-refractivity contribution is 8.03. The standard InChI is InChI=1S/C13H14O2S/c1-3-13(2)11(9-12(14)15-13)16-10-7-5-4-6-8-10/h4-9H,3H2,1-2H3. The van der Waals surface area contributed by atoms with E-state index in [1.54, 1.807) is 17.8 Å². The quantitative estimate of drug-likeness (QED) is 0.750. The van der Waals surface area contributed by atoms with Gasteiger partial charge in [-0.15, -0.1) is 0 Å². The second-order valence-electron chi connectivity index (χ2n) is 3.93. The smallest absolute Gasteiger partial charge is 0.332 e. The van der Waals surface area contributed by atoms with Crippen LogP contribution in [0.2, 0.25) is 0 Å². The highest BCUT2D eigenvalue weighted by Crippen LogP contribution is 2.41. The van der Waals surface area contributed by atoms with Crippen molar-refractivity contribution < 1.29 is 9.53 Å². The van der Waals surface area contributed by atoms with E-state index in [-0.39, 0.29) is 5.97 Å². The van der Waals surface area contributed by atoms with Crippen LogP contribution in [0.15, 0.2) is 46.2 Å². The van der Waals surface area contributed by atoms with E-state index in [1.165, 1.54) is 0 Å². The van der Waals surface area contributed by atoms with Crippen molar-refractivity contribution in [2.45, 2.75) is 30.8 Å². The zero-order chi connectivity index (χ0) is 11.6. The number of hydrogen-bond donors (Lipinski definition) is 0. The number of thioether (sulfide) groups is 1. The van der Waals surface area contributed by atoms with Gasteiger partial charge in [-0.25, -0.2) is 4.79 Å². The van der Waals surface area contributed by atoms with E-state index >= 15 is 0 Å². The number of rotatable bonds is 3. The second-order valence-corrected chi connectivity index (χ2v) is 5.04. The Morgan fingerprint density at radius 2 is 2.00 bits per heavy atom. The minimum Gasteiger partial charge on any atom is -0.451 e. The number of cyclic esters (lactones) is 1. The molecule has 1 heterocycles. The lowest BCUT2D eigenvalue weighted by Crippen LogP contribution is -2.25. The molecule has 2 nitrogen and oxygen atoms in total. The molecular weight excluding hydrogens is 220 g/mol. The van der Waals surface area contributed by atoms with Crippen molar-refractivity contribution in [1.82, 2.24) is 0 Å². The molecule has 2 rings (SSSR count). The topological polar surface area (TPSA) is 26.3 Å². The molecule has 0 spiro atoms. The lowest BCUT2D eigenvalue weighted by Gasteiger charge is -2.24. The molecule has 0 saturated carbocycles. The molecular formula is C13H14O2S. The number of hydrogen-bond acceptors (Lipinski definition) is 3. The summed E-state index contributed by atoms with van der Waals surface area (Å²) < 4.78 is 5.33. The van der Waals surface area contributed by atoms with Crippen molar-refractivity contribution in [2.75, 3.05) is 0 Å². The van der Waals surface area contributed by atoms with Gasteiger partial charge in [0.2, 0.25) is 0 Å². The van der Waals surface area contributed by atoms with Gasteiger partial charge >= 0.3 is 5.97 Å². The molecule has 0 bridgehead atoms. The third kappa shape index (κ3) is 2.14. The summed E-state index contributed by atoms with van der Waals surface area (Å²) in [5.74, 6) is -0.234. The minimum absolute atomic E-state index is 0.234. The van der Waals surface area contributed by atoms with E-state index in [0.29, 0.717) is 0 Å². The first-order valence-corrected chi connectivity index (χ1v) is 6.14. The van der Waals surface area contributed by atoms with Gasteiger partial charge in [-0.05, 0) is 25.5 Å². The van der Waals surface area contributed by atoms with Crippen molar-refractivity contribution in [3.63, 3.8) is 0 Å². The summed E-state index contributed by atoms with van der Waals surface area (Å²) in [6.45, 7) is 3.98. The Labute approximate surface area is 99.7 Å². The number of esters is 1. The monoisotopic (exact) mass is 234 g/mol. The highest BCUT2D eigenvalue weighted by atomic mass is 32.2.